The highest BCUT2D eigenvalue weighted by Gasteiger charge is 2.28. The lowest BCUT2D eigenvalue weighted by molar-refractivity contribution is -0.121. The molecule has 1 fully saturated rings. The summed E-state index contributed by atoms with van der Waals surface area (Å²) in [7, 11) is 0. The second-order valence-electron chi connectivity index (χ2n) is 5.60. The minimum absolute atomic E-state index is 0. The minimum Gasteiger partial charge on any atom is -0.493 e. The summed E-state index contributed by atoms with van der Waals surface area (Å²) < 4.78 is 5.66. The molecule has 0 radical (unpaired) electrons. The summed E-state index contributed by atoms with van der Waals surface area (Å²) in [5.74, 6) is 1.47. The van der Waals surface area contributed by atoms with E-state index in [1.807, 2.05) is 32.0 Å². The summed E-state index contributed by atoms with van der Waals surface area (Å²) in [6.07, 6.45) is 2.77. The largest absolute Gasteiger partial charge is 0.493 e. The van der Waals surface area contributed by atoms with Crippen LogP contribution in [0.3, 0.4) is 0 Å². The lowest BCUT2D eigenvalue weighted by atomic mass is 10.1. The van der Waals surface area contributed by atoms with E-state index in [0.717, 1.165) is 11.3 Å². The summed E-state index contributed by atoms with van der Waals surface area (Å²) in [5.41, 5.74) is 8.26. The molecule has 1 aromatic rings. The first kappa shape index (κ1) is 17.8. The number of hydrogen-bond donors (Lipinski definition) is 2. The van der Waals surface area contributed by atoms with Crippen LogP contribution in [0.1, 0.15) is 30.4 Å². The molecule has 1 aromatic carbocycles. The van der Waals surface area contributed by atoms with Gasteiger partial charge in [-0.1, -0.05) is 12.1 Å². The van der Waals surface area contributed by atoms with Gasteiger partial charge in [-0.2, -0.15) is 0 Å². The second-order valence-corrected chi connectivity index (χ2v) is 5.60. The fourth-order valence-electron chi connectivity index (χ4n) is 2.15. The molecule has 3 N–H and O–H groups in total. The molecule has 0 saturated heterocycles. The smallest absolute Gasteiger partial charge is 0.223 e. The number of carbonyl (C=O) groups is 1. The number of hydrogen-bond acceptors (Lipinski definition) is 3. The molecule has 118 valence electrons. The van der Waals surface area contributed by atoms with Gasteiger partial charge < -0.3 is 15.8 Å². The number of halogens is 1. The van der Waals surface area contributed by atoms with E-state index in [2.05, 4.69) is 5.32 Å². The highest BCUT2D eigenvalue weighted by Crippen LogP contribution is 2.31. The van der Waals surface area contributed by atoms with E-state index in [0.29, 0.717) is 25.5 Å². The lowest BCUT2D eigenvalue weighted by Crippen LogP contribution is -2.38. The number of rotatable bonds is 7. The van der Waals surface area contributed by atoms with Gasteiger partial charge >= 0.3 is 0 Å². The van der Waals surface area contributed by atoms with Crippen LogP contribution in [-0.4, -0.2) is 25.1 Å². The van der Waals surface area contributed by atoms with Gasteiger partial charge in [-0.3, -0.25) is 4.79 Å². The van der Waals surface area contributed by atoms with E-state index >= 15 is 0 Å². The maximum atomic E-state index is 11.7. The van der Waals surface area contributed by atoms with Gasteiger partial charge in [-0.15, -0.1) is 12.4 Å². The highest BCUT2D eigenvalue weighted by molar-refractivity contribution is 5.85. The molecule has 1 amide bonds. The van der Waals surface area contributed by atoms with Crippen molar-refractivity contribution in [3.05, 3.63) is 29.3 Å². The molecule has 0 bridgehead atoms. The molecule has 4 nitrogen and oxygen atoms in total. The lowest BCUT2D eigenvalue weighted by Gasteiger charge is -2.13. The van der Waals surface area contributed by atoms with Crippen LogP contribution in [0.2, 0.25) is 0 Å². The van der Waals surface area contributed by atoms with Gasteiger partial charge in [0, 0.05) is 12.6 Å². The third-order valence-corrected chi connectivity index (χ3v) is 3.90. The van der Waals surface area contributed by atoms with Crippen molar-refractivity contribution in [1.82, 2.24) is 5.32 Å². The standard InChI is InChI=1S/C16H24N2O2.ClH/c1-11-4-3-5-15(12(11)2)20-9-8-16(19)18-10-14(17)13-6-7-13;/h3-5,13-14H,6-10,17H2,1-2H3,(H,18,19);1H. The van der Waals surface area contributed by atoms with E-state index in [1.54, 1.807) is 0 Å². The van der Waals surface area contributed by atoms with Crippen molar-refractivity contribution in [3.8, 4) is 5.75 Å². The first-order valence-corrected chi connectivity index (χ1v) is 7.29. The topological polar surface area (TPSA) is 64.3 Å². The zero-order chi connectivity index (χ0) is 14.5. The Balaban J connectivity index is 0.00000220. The number of benzene rings is 1. The molecule has 1 atom stereocenters. The Labute approximate surface area is 132 Å². The van der Waals surface area contributed by atoms with Crippen molar-refractivity contribution < 1.29 is 9.53 Å². The van der Waals surface area contributed by atoms with E-state index in [-0.39, 0.29) is 24.4 Å². The highest BCUT2D eigenvalue weighted by atomic mass is 35.5. The molecule has 0 aromatic heterocycles. The third kappa shape index (κ3) is 5.56. The van der Waals surface area contributed by atoms with Crippen molar-refractivity contribution in [2.24, 2.45) is 11.7 Å². The van der Waals surface area contributed by atoms with Crippen molar-refractivity contribution in [2.45, 2.75) is 39.2 Å². The van der Waals surface area contributed by atoms with Gasteiger partial charge in [0.1, 0.15) is 5.75 Å². The quantitative estimate of drug-likeness (QED) is 0.812. The monoisotopic (exact) mass is 312 g/mol. The number of nitrogens with one attached hydrogen (secondary N) is 1. The Morgan fingerprint density at radius 2 is 2.14 bits per heavy atom. The van der Waals surface area contributed by atoms with Gasteiger partial charge in [-0.05, 0) is 49.8 Å². The van der Waals surface area contributed by atoms with Crippen LogP contribution in [0.15, 0.2) is 18.2 Å². The average Bonchev–Trinajstić information content (AvgIpc) is 3.25. The maximum absolute atomic E-state index is 11.7. The van der Waals surface area contributed by atoms with Gasteiger partial charge in [0.15, 0.2) is 0 Å². The summed E-state index contributed by atoms with van der Waals surface area (Å²) in [6.45, 7) is 5.05. The fourth-order valence-corrected chi connectivity index (χ4v) is 2.15. The van der Waals surface area contributed by atoms with Crippen molar-refractivity contribution in [1.29, 1.82) is 0 Å². The third-order valence-electron chi connectivity index (χ3n) is 3.90. The SMILES string of the molecule is Cc1cccc(OCCC(=O)NCC(N)C2CC2)c1C.Cl. The molecule has 0 aliphatic heterocycles. The predicted molar refractivity (Wildman–Crippen MR) is 87.0 cm³/mol. The maximum Gasteiger partial charge on any atom is 0.223 e. The summed E-state index contributed by atoms with van der Waals surface area (Å²) >= 11 is 0. The number of amides is 1. The summed E-state index contributed by atoms with van der Waals surface area (Å²) in [4.78, 5) is 11.7. The number of carbonyl (C=O) groups excluding carboxylic acids is 1. The van der Waals surface area contributed by atoms with Crippen LogP contribution in [0, 0.1) is 19.8 Å². The first-order chi connectivity index (χ1) is 9.58. The zero-order valence-corrected chi connectivity index (χ0v) is 13.5. The van der Waals surface area contributed by atoms with Gasteiger partial charge in [0.2, 0.25) is 5.91 Å². The summed E-state index contributed by atoms with van der Waals surface area (Å²) in [5, 5.41) is 2.87. The Kier molecular flexibility index (Phi) is 6.99. The van der Waals surface area contributed by atoms with E-state index in [9.17, 15) is 4.79 Å². The van der Waals surface area contributed by atoms with Gasteiger partial charge in [-0.25, -0.2) is 0 Å². The summed E-state index contributed by atoms with van der Waals surface area (Å²) in [6, 6.07) is 6.06. The van der Waals surface area contributed by atoms with Crippen molar-refractivity contribution >= 4 is 18.3 Å². The predicted octanol–water partition coefficient (Wildman–Crippen LogP) is 2.35. The molecule has 1 aliphatic carbocycles. The van der Waals surface area contributed by atoms with E-state index in [4.69, 9.17) is 10.5 Å². The molecule has 1 aliphatic rings. The molecule has 0 spiro atoms. The Morgan fingerprint density at radius 3 is 2.81 bits per heavy atom. The fraction of sp³-hybridized carbons (Fsp3) is 0.562. The first-order valence-electron chi connectivity index (χ1n) is 7.29. The number of ether oxygens (including phenoxy) is 1. The second kappa shape index (κ2) is 8.25. The van der Waals surface area contributed by atoms with Crippen LogP contribution < -0.4 is 15.8 Å². The molecular formula is C16H25ClN2O2. The Hall–Kier alpha value is -1.26. The number of nitrogens with two attached hydrogens (primary N) is 1. The molecule has 1 saturated carbocycles. The van der Waals surface area contributed by atoms with E-state index in [1.165, 1.54) is 18.4 Å². The zero-order valence-electron chi connectivity index (χ0n) is 12.7. The number of aryl methyl sites for hydroxylation is 1. The van der Waals surface area contributed by atoms with Crippen LogP contribution in [0.4, 0.5) is 0 Å². The van der Waals surface area contributed by atoms with E-state index < -0.39 is 0 Å². The van der Waals surface area contributed by atoms with Crippen molar-refractivity contribution in [3.63, 3.8) is 0 Å². The minimum atomic E-state index is 0. The van der Waals surface area contributed by atoms with Gasteiger partial charge in [0.25, 0.3) is 0 Å². The Morgan fingerprint density at radius 1 is 1.43 bits per heavy atom. The molecular weight excluding hydrogens is 288 g/mol. The van der Waals surface area contributed by atoms with Crippen LogP contribution in [-0.2, 0) is 4.79 Å². The van der Waals surface area contributed by atoms with Crippen LogP contribution >= 0.6 is 12.4 Å². The molecule has 1 unspecified atom stereocenters. The molecule has 21 heavy (non-hydrogen) atoms. The van der Waals surface area contributed by atoms with Crippen LogP contribution in [0.25, 0.3) is 0 Å². The normalized spacial score (nSPS) is 15.0. The molecule has 2 rings (SSSR count). The van der Waals surface area contributed by atoms with Crippen molar-refractivity contribution in [2.75, 3.05) is 13.2 Å². The molecule has 5 heteroatoms. The molecule has 0 heterocycles. The van der Waals surface area contributed by atoms with Crippen LogP contribution in [0.5, 0.6) is 5.75 Å². The average molecular weight is 313 g/mol. The Bertz CT molecular complexity index is 475. The van der Waals surface area contributed by atoms with Gasteiger partial charge in [0.05, 0.1) is 13.0 Å².